The number of hydrogen-bond acceptors (Lipinski definition) is 2. The second-order valence-electron chi connectivity index (χ2n) is 9.76. The highest BCUT2D eigenvalue weighted by Gasteiger charge is 2.20. The Labute approximate surface area is 193 Å². The topological polar surface area (TPSA) is 18.5 Å². The smallest absolute Gasteiger partial charge is 0.119 e. The fraction of sp³-hybridized carbons (Fsp3) is 0.793. The molecule has 1 fully saturated rings. The van der Waals surface area contributed by atoms with Crippen molar-refractivity contribution in [2.24, 2.45) is 5.92 Å². The maximum Gasteiger partial charge on any atom is 0.119 e. The fourth-order valence-corrected chi connectivity index (χ4v) is 4.38. The minimum absolute atomic E-state index is 0.361. The third kappa shape index (κ3) is 13.8. The molecular weight excluding hydrogens is 380 g/mol. The van der Waals surface area contributed by atoms with Crippen LogP contribution in [-0.4, -0.2) is 12.7 Å². The quantitative estimate of drug-likeness (QED) is 0.181. The summed E-state index contributed by atoms with van der Waals surface area (Å²) < 4.78 is 12.2. The first kappa shape index (κ1) is 26.1. The predicted octanol–water partition coefficient (Wildman–Crippen LogP) is 9.50. The molecule has 178 valence electrons. The Kier molecular flexibility index (Phi) is 14.6. The van der Waals surface area contributed by atoms with Crippen LogP contribution in [0.4, 0.5) is 0 Å². The molecular formula is C29H50O2. The van der Waals surface area contributed by atoms with E-state index in [2.05, 4.69) is 38.1 Å². The molecule has 0 saturated heterocycles. The van der Waals surface area contributed by atoms with E-state index < -0.39 is 0 Å². The van der Waals surface area contributed by atoms with Gasteiger partial charge in [0.25, 0.3) is 0 Å². The Morgan fingerprint density at radius 3 is 1.94 bits per heavy atom. The Hall–Kier alpha value is -1.18. The molecule has 0 N–H and O–H groups in total. The zero-order valence-electron chi connectivity index (χ0n) is 20.7. The molecule has 0 amide bonds. The number of hydrogen-bond donors (Lipinski definition) is 0. The highest BCUT2D eigenvalue weighted by molar-refractivity contribution is 5.31. The normalized spacial score (nSPS) is 14.5. The van der Waals surface area contributed by atoms with Crippen molar-refractivity contribution in [3.05, 3.63) is 24.3 Å². The molecule has 0 spiro atoms. The second kappa shape index (κ2) is 17.4. The molecule has 1 aliphatic carbocycles. The summed E-state index contributed by atoms with van der Waals surface area (Å²) in [6.45, 7) is 5.37. The number of benzene rings is 1. The zero-order chi connectivity index (χ0) is 22.0. The lowest BCUT2D eigenvalue weighted by Gasteiger charge is -2.19. The van der Waals surface area contributed by atoms with Gasteiger partial charge in [0.05, 0.1) is 12.7 Å². The third-order valence-electron chi connectivity index (χ3n) is 6.59. The van der Waals surface area contributed by atoms with E-state index in [0.717, 1.165) is 36.9 Å². The van der Waals surface area contributed by atoms with Gasteiger partial charge in [-0.05, 0) is 55.9 Å². The zero-order valence-corrected chi connectivity index (χ0v) is 20.7. The van der Waals surface area contributed by atoms with Crippen LogP contribution in [0.3, 0.4) is 0 Å². The second-order valence-corrected chi connectivity index (χ2v) is 9.76. The summed E-state index contributed by atoms with van der Waals surface area (Å²) in [5, 5.41) is 0. The fourth-order valence-electron chi connectivity index (χ4n) is 4.38. The van der Waals surface area contributed by atoms with Gasteiger partial charge in [0, 0.05) is 0 Å². The van der Waals surface area contributed by atoms with Gasteiger partial charge in [-0.15, -0.1) is 0 Å². The summed E-state index contributed by atoms with van der Waals surface area (Å²) in [7, 11) is 0. The number of rotatable bonds is 21. The maximum absolute atomic E-state index is 6.30. The molecule has 0 radical (unpaired) electrons. The molecule has 0 aromatic heterocycles. The van der Waals surface area contributed by atoms with Crippen molar-refractivity contribution in [2.45, 2.75) is 136 Å². The summed E-state index contributed by atoms with van der Waals surface area (Å²) in [5.41, 5.74) is 0. The van der Waals surface area contributed by atoms with Crippen LogP contribution in [-0.2, 0) is 0 Å². The van der Waals surface area contributed by atoms with Gasteiger partial charge in [0.1, 0.15) is 11.5 Å². The average molecular weight is 431 g/mol. The van der Waals surface area contributed by atoms with Gasteiger partial charge < -0.3 is 9.47 Å². The lowest BCUT2D eigenvalue weighted by atomic mass is 10.0. The van der Waals surface area contributed by atoms with Crippen LogP contribution in [0.25, 0.3) is 0 Å². The Morgan fingerprint density at radius 1 is 0.677 bits per heavy atom. The third-order valence-corrected chi connectivity index (χ3v) is 6.59. The molecule has 2 rings (SSSR count). The van der Waals surface area contributed by atoms with E-state index in [-0.39, 0.29) is 0 Å². The Bertz CT molecular complexity index is 520. The Morgan fingerprint density at radius 2 is 1.29 bits per heavy atom. The van der Waals surface area contributed by atoms with E-state index in [1.54, 1.807) is 0 Å². The van der Waals surface area contributed by atoms with E-state index in [1.165, 1.54) is 103 Å². The van der Waals surface area contributed by atoms with Crippen LogP contribution in [0.5, 0.6) is 11.5 Å². The van der Waals surface area contributed by atoms with E-state index in [4.69, 9.17) is 9.47 Å². The van der Waals surface area contributed by atoms with Gasteiger partial charge in [-0.25, -0.2) is 0 Å². The SMILES string of the molecule is CCCCCCCCCCCOc1ccc(OC(CCC)CCCCCC2CC2)cc1. The number of unbranched alkanes of at least 4 members (excludes halogenated alkanes) is 10. The maximum atomic E-state index is 6.30. The molecule has 0 bridgehead atoms. The van der Waals surface area contributed by atoms with Crippen LogP contribution in [0.2, 0.25) is 0 Å². The molecule has 2 heteroatoms. The van der Waals surface area contributed by atoms with Crippen LogP contribution in [0, 0.1) is 5.92 Å². The molecule has 1 aliphatic rings. The largest absolute Gasteiger partial charge is 0.494 e. The molecule has 1 unspecified atom stereocenters. The molecule has 0 heterocycles. The summed E-state index contributed by atoms with van der Waals surface area (Å²) in [6, 6.07) is 8.31. The standard InChI is InChI=1S/C29H50O2/c1-3-5-6-7-8-9-10-11-15-25-30-27-21-23-29(24-22-27)31-28(16-4-2)18-14-12-13-17-26-19-20-26/h21-24,26,28H,3-20,25H2,1-2H3. The first-order valence-corrected chi connectivity index (χ1v) is 13.7. The summed E-state index contributed by atoms with van der Waals surface area (Å²) in [6.07, 6.45) is 24.6. The Balaban J connectivity index is 1.52. The van der Waals surface area contributed by atoms with Gasteiger partial charge in [0.15, 0.2) is 0 Å². The first-order chi connectivity index (χ1) is 15.3. The van der Waals surface area contributed by atoms with Gasteiger partial charge in [-0.3, -0.25) is 0 Å². The summed E-state index contributed by atoms with van der Waals surface area (Å²) in [4.78, 5) is 0. The van der Waals surface area contributed by atoms with E-state index in [0.29, 0.717) is 6.10 Å². The molecule has 1 aromatic rings. The minimum atomic E-state index is 0.361. The van der Waals surface area contributed by atoms with Crippen LogP contribution in [0.1, 0.15) is 129 Å². The lowest BCUT2D eigenvalue weighted by molar-refractivity contribution is 0.175. The van der Waals surface area contributed by atoms with Crippen molar-refractivity contribution in [1.82, 2.24) is 0 Å². The van der Waals surface area contributed by atoms with Gasteiger partial charge in [-0.2, -0.15) is 0 Å². The van der Waals surface area contributed by atoms with Crippen molar-refractivity contribution in [3.63, 3.8) is 0 Å². The van der Waals surface area contributed by atoms with Crippen molar-refractivity contribution in [3.8, 4) is 11.5 Å². The van der Waals surface area contributed by atoms with Crippen molar-refractivity contribution >= 4 is 0 Å². The van der Waals surface area contributed by atoms with Gasteiger partial charge in [-0.1, -0.05) is 104 Å². The predicted molar refractivity (Wildman–Crippen MR) is 134 cm³/mol. The van der Waals surface area contributed by atoms with Gasteiger partial charge >= 0.3 is 0 Å². The highest BCUT2D eigenvalue weighted by Crippen LogP contribution is 2.34. The molecule has 1 saturated carbocycles. The van der Waals surface area contributed by atoms with E-state index in [1.807, 2.05) is 0 Å². The summed E-state index contributed by atoms with van der Waals surface area (Å²) in [5.74, 6) is 3.04. The van der Waals surface area contributed by atoms with Crippen molar-refractivity contribution in [2.75, 3.05) is 6.61 Å². The molecule has 31 heavy (non-hydrogen) atoms. The molecule has 0 aliphatic heterocycles. The number of ether oxygens (including phenoxy) is 2. The van der Waals surface area contributed by atoms with Gasteiger partial charge in [0.2, 0.25) is 0 Å². The minimum Gasteiger partial charge on any atom is -0.494 e. The van der Waals surface area contributed by atoms with E-state index in [9.17, 15) is 0 Å². The average Bonchev–Trinajstić information content (AvgIpc) is 3.60. The van der Waals surface area contributed by atoms with Crippen molar-refractivity contribution < 1.29 is 9.47 Å². The molecule has 1 atom stereocenters. The van der Waals surface area contributed by atoms with Crippen LogP contribution >= 0.6 is 0 Å². The van der Waals surface area contributed by atoms with Crippen LogP contribution in [0.15, 0.2) is 24.3 Å². The highest BCUT2D eigenvalue weighted by atomic mass is 16.5. The monoisotopic (exact) mass is 430 g/mol. The van der Waals surface area contributed by atoms with Crippen LogP contribution < -0.4 is 9.47 Å². The lowest BCUT2D eigenvalue weighted by Crippen LogP contribution is -2.16. The van der Waals surface area contributed by atoms with E-state index >= 15 is 0 Å². The molecule has 2 nitrogen and oxygen atoms in total. The first-order valence-electron chi connectivity index (χ1n) is 13.7. The molecule has 1 aromatic carbocycles. The summed E-state index contributed by atoms with van der Waals surface area (Å²) >= 11 is 0. The van der Waals surface area contributed by atoms with Crippen molar-refractivity contribution in [1.29, 1.82) is 0 Å².